The van der Waals surface area contributed by atoms with Gasteiger partial charge in [-0.2, -0.15) is 0 Å². The van der Waals surface area contributed by atoms with Gasteiger partial charge in [0.2, 0.25) is 0 Å². The summed E-state index contributed by atoms with van der Waals surface area (Å²) >= 11 is 0. The highest BCUT2D eigenvalue weighted by Gasteiger charge is 2.29. The smallest absolute Gasteiger partial charge is 0.343 e. The fourth-order valence-electron chi connectivity index (χ4n) is 3.69. The highest BCUT2D eigenvalue weighted by atomic mass is 16.4. The molecule has 120 valence electrons. The summed E-state index contributed by atoms with van der Waals surface area (Å²) in [6.07, 6.45) is 0.342. The Balaban J connectivity index is 1.79. The lowest BCUT2D eigenvalue weighted by Gasteiger charge is -2.09. The topological polar surface area (TPSA) is 50.4 Å². The second-order valence-corrected chi connectivity index (χ2v) is 6.29. The number of benzene rings is 3. The molecule has 4 aromatic rings. The van der Waals surface area contributed by atoms with E-state index >= 15 is 0 Å². The number of fused-ring (bicyclic) bond motifs is 3. The first-order chi connectivity index (χ1) is 12.2. The van der Waals surface area contributed by atoms with E-state index in [4.69, 9.17) is 4.42 Å². The molecule has 0 fully saturated rings. The molecule has 0 unspecified atom stereocenters. The summed E-state index contributed by atoms with van der Waals surface area (Å²) in [5.74, 6) is 0.491. The van der Waals surface area contributed by atoms with E-state index < -0.39 is 5.63 Å². The highest BCUT2D eigenvalue weighted by molar-refractivity contribution is 6.15. The number of hydrogen-bond donors (Lipinski definition) is 1. The molecule has 0 saturated carbocycles. The number of rotatable bonds is 2. The molecule has 1 aliphatic rings. The summed E-state index contributed by atoms with van der Waals surface area (Å²) in [5.41, 5.74) is 3.18. The summed E-state index contributed by atoms with van der Waals surface area (Å²) in [6.45, 7) is 0. The maximum atomic E-state index is 12.5. The number of hydrogen-bond acceptors (Lipinski definition) is 3. The van der Waals surface area contributed by atoms with E-state index in [1.165, 1.54) is 0 Å². The average molecular weight is 326 g/mol. The normalized spacial score (nSPS) is 11.7. The van der Waals surface area contributed by atoms with Crippen molar-refractivity contribution in [3.05, 3.63) is 88.3 Å². The molecule has 1 aliphatic carbocycles. The van der Waals surface area contributed by atoms with Gasteiger partial charge in [-0.3, -0.25) is 0 Å². The Labute approximate surface area is 143 Å². The van der Waals surface area contributed by atoms with Gasteiger partial charge in [-0.15, -0.1) is 0 Å². The van der Waals surface area contributed by atoms with Gasteiger partial charge in [0.05, 0.1) is 11.1 Å². The van der Waals surface area contributed by atoms with Crippen LogP contribution in [0.4, 0.5) is 0 Å². The van der Waals surface area contributed by atoms with E-state index in [9.17, 15) is 9.90 Å². The molecular formula is C22H14O3. The van der Waals surface area contributed by atoms with Gasteiger partial charge in [-0.25, -0.2) is 4.79 Å². The first-order valence-corrected chi connectivity index (χ1v) is 8.19. The number of aromatic hydroxyl groups is 1. The molecule has 5 rings (SSSR count). The van der Waals surface area contributed by atoms with Crippen molar-refractivity contribution in [2.24, 2.45) is 0 Å². The first-order valence-electron chi connectivity index (χ1n) is 8.19. The Morgan fingerprint density at radius 1 is 0.840 bits per heavy atom. The minimum Gasteiger partial charge on any atom is -0.507 e. The van der Waals surface area contributed by atoms with Crippen molar-refractivity contribution in [3.63, 3.8) is 0 Å². The zero-order valence-electron chi connectivity index (χ0n) is 13.3. The third-order valence-corrected chi connectivity index (χ3v) is 4.83. The lowest BCUT2D eigenvalue weighted by Crippen LogP contribution is -2.09. The van der Waals surface area contributed by atoms with Gasteiger partial charge in [0, 0.05) is 17.4 Å². The second kappa shape index (κ2) is 5.08. The molecule has 1 aromatic heterocycles. The third kappa shape index (κ3) is 1.96. The van der Waals surface area contributed by atoms with Gasteiger partial charge in [0.15, 0.2) is 5.76 Å². The highest BCUT2D eigenvalue weighted by Crippen LogP contribution is 2.50. The van der Waals surface area contributed by atoms with Crippen molar-refractivity contribution in [2.45, 2.75) is 6.42 Å². The predicted octanol–water partition coefficient (Wildman–Crippen LogP) is 4.74. The van der Waals surface area contributed by atoms with Crippen LogP contribution in [-0.4, -0.2) is 5.11 Å². The fraction of sp³-hybridized carbons (Fsp3) is 0.0455. The minimum atomic E-state index is -0.482. The van der Waals surface area contributed by atoms with Crippen LogP contribution in [0.3, 0.4) is 0 Å². The molecule has 0 radical (unpaired) electrons. The SMILES string of the molecule is O=c1oc2c(c(O)c1Cc1ccccc1)-c1cccc3cccc-2c13. The van der Waals surface area contributed by atoms with Crippen LogP contribution >= 0.6 is 0 Å². The molecule has 0 saturated heterocycles. The molecule has 0 bridgehead atoms. The van der Waals surface area contributed by atoms with Crippen molar-refractivity contribution >= 4 is 10.8 Å². The maximum Gasteiger partial charge on any atom is 0.343 e. The Kier molecular flexibility index (Phi) is 2.86. The summed E-state index contributed by atoms with van der Waals surface area (Å²) in [7, 11) is 0. The minimum absolute atomic E-state index is 0.0267. The van der Waals surface area contributed by atoms with Gasteiger partial charge in [0.25, 0.3) is 0 Å². The summed E-state index contributed by atoms with van der Waals surface area (Å²) in [5, 5.41) is 13.0. The van der Waals surface area contributed by atoms with E-state index in [2.05, 4.69) is 0 Å². The maximum absolute atomic E-state index is 12.5. The van der Waals surface area contributed by atoms with Crippen molar-refractivity contribution < 1.29 is 9.52 Å². The van der Waals surface area contributed by atoms with E-state index in [-0.39, 0.29) is 5.75 Å². The molecule has 3 nitrogen and oxygen atoms in total. The molecule has 1 heterocycles. The lowest BCUT2D eigenvalue weighted by molar-refractivity contribution is 0.447. The van der Waals surface area contributed by atoms with Gasteiger partial charge in [-0.05, 0) is 16.5 Å². The quantitative estimate of drug-likeness (QED) is 0.510. The summed E-state index contributed by atoms with van der Waals surface area (Å²) in [4.78, 5) is 12.5. The molecule has 25 heavy (non-hydrogen) atoms. The first kappa shape index (κ1) is 14.1. The standard InChI is InChI=1S/C22H14O3/c23-20-17(12-13-6-2-1-3-7-13)22(24)25-21-16-11-5-9-14-8-4-10-15(18(14)16)19(20)21/h1-11,23H,12H2. The molecular weight excluding hydrogens is 312 g/mol. The predicted molar refractivity (Wildman–Crippen MR) is 97.8 cm³/mol. The largest absolute Gasteiger partial charge is 0.507 e. The molecule has 0 spiro atoms. The zero-order chi connectivity index (χ0) is 17.0. The van der Waals surface area contributed by atoms with E-state index in [1.54, 1.807) is 0 Å². The molecule has 3 heteroatoms. The van der Waals surface area contributed by atoms with Gasteiger partial charge in [-0.1, -0.05) is 66.7 Å². The van der Waals surface area contributed by atoms with Crippen LogP contribution in [0.25, 0.3) is 33.2 Å². The monoisotopic (exact) mass is 326 g/mol. The van der Waals surface area contributed by atoms with Crippen LogP contribution in [-0.2, 0) is 6.42 Å². The van der Waals surface area contributed by atoms with Crippen molar-refractivity contribution in [1.29, 1.82) is 0 Å². The van der Waals surface area contributed by atoms with Crippen molar-refractivity contribution in [3.8, 4) is 28.2 Å². The molecule has 0 amide bonds. The molecule has 1 N–H and O–H groups in total. The van der Waals surface area contributed by atoms with Crippen molar-refractivity contribution in [1.82, 2.24) is 0 Å². The Morgan fingerprint density at radius 3 is 2.32 bits per heavy atom. The van der Waals surface area contributed by atoms with Gasteiger partial charge >= 0.3 is 5.63 Å². The zero-order valence-corrected chi connectivity index (χ0v) is 13.3. The van der Waals surface area contributed by atoms with E-state index in [0.717, 1.165) is 27.5 Å². The second-order valence-electron chi connectivity index (χ2n) is 6.29. The van der Waals surface area contributed by atoms with Crippen LogP contribution in [0.2, 0.25) is 0 Å². The van der Waals surface area contributed by atoms with Gasteiger partial charge in [0.1, 0.15) is 5.75 Å². The van der Waals surface area contributed by atoms with Crippen LogP contribution in [0.15, 0.2) is 75.9 Å². The van der Waals surface area contributed by atoms with Crippen LogP contribution in [0, 0.1) is 0 Å². The summed E-state index contributed by atoms with van der Waals surface area (Å²) < 4.78 is 5.66. The van der Waals surface area contributed by atoms with Crippen LogP contribution in [0.5, 0.6) is 5.75 Å². The molecule has 0 atom stereocenters. The van der Waals surface area contributed by atoms with E-state index in [0.29, 0.717) is 23.3 Å². The Hall–Kier alpha value is -3.33. The van der Waals surface area contributed by atoms with E-state index in [1.807, 2.05) is 66.7 Å². The van der Waals surface area contributed by atoms with Crippen LogP contribution in [0.1, 0.15) is 11.1 Å². The Morgan fingerprint density at radius 2 is 1.56 bits per heavy atom. The lowest BCUT2D eigenvalue weighted by atomic mass is 10.00. The van der Waals surface area contributed by atoms with Crippen molar-refractivity contribution in [2.75, 3.05) is 0 Å². The fourth-order valence-corrected chi connectivity index (χ4v) is 3.69. The molecule has 3 aromatic carbocycles. The molecule has 0 aliphatic heterocycles. The van der Waals surface area contributed by atoms with Crippen LogP contribution < -0.4 is 5.63 Å². The van der Waals surface area contributed by atoms with Gasteiger partial charge < -0.3 is 9.52 Å². The third-order valence-electron chi connectivity index (χ3n) is 4.83. The summed E-state index contributed by atoms with van der Waals surface area (Å²) in [6, 6.07) is 21.4. The average Bonchev–Trinajstić information content (AvgIpc) is 2.96. The Bertz CT molecular complexity index is 1180.